The monoisotopic (exact) mass is 416 g/mol. The minimum absolute atomic E-state index is 0.325. The maximum atomic E-state index is 11.6. The highest BCUT2D eigenvalue weighted by Gasteiger charge is 2.77. The molecule has 1 N–H and O–H groups in total. The van der Waals surface area contributed by atoms with E-state index < -0.39 is 43.5 Å². The number of nitrogens with zero attached hydrogens (tertiary/aromatic N) is 5. The molecule has 0 heterocycles. The molecule has 1 aliphatic rings. The van der Waals surface area contributed by atoms with Crippen LogP contribution in [0.15, 0.2) is 42.5 Å². The van der Waals surface area contributed by atoms with Crippen LogP contribution < -0.4 is 5.32 Å². The molecule has 0 spiro atoms. The fourth-order valence-electron chi connectivity index (χ4n) is 2.81. The molecule has 1 aromatic carbocycles. The average molecular weight is 417 g/mol. The third-order valence-corrected chi connectivity index (χ3v) is 4.64. The molecule has 0 saturated carbocycles. The predicted molar refractivity (Wildman–Crippen MR) is 93.6 cm³/mol. The minimum atomic E-state index is -3.31. The summed E-state index contributed by atoms with van der Waals surface area (Å²) in [5.41, 5.74) is -5.98. The van der Waals surface area contributed by atoms with Crippen molar-refractivity contribution in [3.05, 3.63) is 82.9 Å². The van der Waals surface area contributed by atoms with Crippen molar-refractivity contribution in [2.24, 2.45) is 0 Å². The summed E-state index contributed by atoms with van der Waals surface area (Å²) >= 11 is 6.01. The van der Waals surface area contributed by atoms with Crippen molar-refractivity contribution in [1.82, 2.24) is 4.42 Å². The molecule has 0 amide bonds. The normalized spacial score (nSPS) is 19.7. The molecule has 15 heteroatoms. The third-order valence-electron chi connectivity index (χ3n) is 4.31. The van der Waals surface area contributed by atoms with Crippen LogP contribution in [0, 0.1) is 40.5 Å². The standard InChI is InChI=1S/C13H13ClN6O8/c14-16(9-15-10-4-2-1-3-5-10)11-6-7-12(17(21)22,18(23)24)8-13(11,19(25)26)20(27)28/h1-7,11,15H,8-9H2. The van der Waals surface area contributed by atoms with Crippen molar-refractivity contribution in [3.63, 3.8) is 0 Å². The number of hydrogen-bond donors (Lipinski definition) is 1. The second-order valence-corrected chi connectivity index (χ2v) is 6.30. The number of nitrogens with one attached hydrogen (secondary N) is 1. The number of nitro groups is 4. The number of para-hydroxylation sites is 1. The Balaban J connectivity index is 2.45. The largest absolute Gasteiger partial charge is 0.492 e. The summed E-state index contributed by atoms with van der Waals surface area (Å²) in [6.07, 6.45) is -0.475. The number of benzene rings is 1. The lowest BCUT2D eigenvalue weighted by Gasteiger charge is -2.32. The zero-order chi connectivity index (χ0) is 21.1. The number of halogens is 1. The van der Waals surface area contributed by atoms with Crippen molar-refractivity contribution in [1.29, 1.82) is 0 Å². The van der Waals surface area contributed by atoms with Gasteiger partial charge in [0.2, 0.25) is 6.42 Å². The first-order chi connectivity index (χ1) is 13.1. The van der Waals surface area contributed by atoms with Gasteiger partial charge in [-0.1, -0.05) is 18.2 Å². The molecular weight excluding hydrogens is 404 g/mol. The Kier molecular flexibility index (Phi) is 5.75. The van der Waals surface area contributed by atoms with Gasteiger partial charge in [-0.25, -0.2) is 0 Å². The van der Waals surface area contributed by atoms with Crippen molar-refractivity contribution >= 4 is 17.5 Å². The molecule has 28 heavy (non-hydrogen) atoms. The molecule has 0 fully saturated rings. The van der Waals surface area contributed by atoms with Gasteiger partial charge in [-0.15, -0.1) is 0 Å². The average Bonchev–Trinajstić information content (AvgIpc) is 2.65. The molecule has 2 rings (SSSR count). The van der Waals surface area contributed by atoms with Crippen LogP contribution in [0.25, 0.3) is 0 Å². The third kappa shape index (κ3) is 3.41. The van der Waals surface area contributed by atoms with E-state index in [1.165, 1.54) is 0 Å². The van der Waals surface area contributed by atoms with E-state index in [1.807, 2.05) is 0 Å². The summed E-state index contributed by atoms with van der Waals surface area (Å²) in [7, 11) is 0. The van der Waals surface area contributed by atoms with Gasteiger partial charge >= 0.3 is 11.3 Å². The number of anilines is 1. The van der Waals surface area contributed by atoms with Crippen molar-refractivity contribution in [2.45, 2.75) is 23.8 Å². The van der Waals surface area contributed by atoms with Crippen molar-refractivity contribution < 1.29 is 19.7 Å². The maximum absolute atomic E-state index is 11.6. The van der Waals surface area contributed by atoms with Gasteiger partial charge < -0.3 is 5.32 Å². The molecule has 0 saturated heterocycles. The Hall–Kier alpha value is -3.39. The van der Waals surface area contributed by atoms with Crippen LogP contribution in [0.2, 0.25) is 0 Å². The van der Waals surface area contributed by atoms with Gasteiger partial charge in [-0.2, -0.15) is 4.42 Å². The summed E-state index contributed by atoms with van der Waals surface area (Å²) in [6, 6.07) is 6.57. The molecule has 0 bridgehead atoms. The van der Waals surface area contributed by atoms with Crippen LogP contribution >= 0.6 is 11.8 Å². The van der Waals surface area contributed by atoms with E-state index in [-0.39, 0.29) is 6.67 Å². The Morgan fingerprint density at radius 3 is 2.00 bits per heavy atom. The van der Waals surface area contributed by atoms with E-state index in [0.29, 0.717) is 22.3 Å². The SMILES string of the molecule is O=[N+]([O-])C1([N+](=O)[O-])C=CC(N(Cl)CNc2ccccc2)C([N+](=O)[O-])([N+](=O)[O-])C1. The van der Waals surface area contributed by atoms with Gasteiger partial charge in [-0.3, -0.25) is 40.5 Å². The Morgan fingerprint density at radius 1 is 1.00 bits per heavy atom. The molecule has 150 valence electrons. The highest BCUT2D eigenvalue weighted by Crippen LogP contribution is 2.39. The smallest absolute Gasteiger partial charge is 0.371 e. The highest BCUT2D eigenvalue weighted by atomic mass is 35.5. The quantitative estimate of drug-likeness (QED) is 0.213. The summed E-state index contributed by atoms with van der Waals surface area (Å²) in [5.74, 6) is 0. The summed E-state index contributed by atoms with van der Waals surface area (Å²) in [6.45, 7) is -0.325. The zero-order valence-corrected chi connectivity index (χ0v) is 14.7. The minimum Gasteiger partial charge on any atom is -0.371 e. The fourth-order valence-corrected chi connectivity index (χ4v) is 3.10. The van der Waals surface area contributed by atoms with Gasteiger partial charge in [0.15, 0.2) is 6.04 Å². The molecular formula is C13H13ClN6O8. The number of rotatable bonds is 8. The van der Waals surface area contributed by atoms with Crippen LogP contribution in [0.5, 0.6) is 0 Å². The van der Waals surface area contributed by atoms with Crippen LogP contribution in [-0.2, 0) is 0 Å². The van der Waals surface area contributed by atoms with E-state index in [2.05, 4.69) is 5.32 Å². The first kappa shape index (κ1) is 20.9. The molecule has 0 aliphatic heterocycles. The number of hydrogen-bond acceptors (Lipinski definition) is 10. The van der Waals surface area contributed by atoms with Gasteiger partial charge in [0.25, 0.3) is 0 Å². The molecule has 1 atom stereocenters. The topological polar surface area (TPSA) is 188 Å². The highest BCUT2D eigenvalue weighted by molar-refractivity contribution is 6.13. The van der Waals surface area contributed by atoms with Gasteiger partial charge in [-0.05, 0) is 30.0 Å². The van der Waals surface area contributed by atoms with Gasteiger partial charge in [0.05, 0.1) is 12.7 Å². The fraction of sp³-hybridized carbons (Fsp3) is 0.385. The maximum Gasteiger partial charge on any atom is 0.492 e. The molecule has 1 aromatic rings. The van der Waals surface area contributed by atoms with E-state index in [9.17, 15) is 40.5 Å². The molecule has 1 unspecified atom stereocenters. The summed E-state index contributed by atoms with van der Waals surface area (Å²) in [4.78, 5) is 40.2. The van der Waals surface area contributed by atoms with Crippen LogP contribution in [-0.4, -0.2) is 48.1 Å². The molecule has 0 aromatic heterocycles. The van der Waals surface area contributed by atoms with E-state index in [4.69, 9.17) is 11.8 Å². The Bertz CT molecular complexity index is 806. The van der Waals surface area contributed by atoms with Crippen molar-refractivity contribution in [3.8, 4) is 0 Å². The van der Waals surface area contributed by atoms with Crippen LogP contribution in [0.1, 0.15) is 6.42 Å². The first-order valence-electron chi connectivity index (χ1n) is 7.56. The second-order valence-electron chi connectivity index (χ2n) is 5.87. The Labute approximate surface area is 161 Å². The molecule has 0 radical (unpaired) electrons. The van der Waals surface area contributed by atoms with Gasteiger partial charge in [0, 0.05) is 5.69 Å². The predicted octanol–water partition coefficient (Wildman–Crippen LogP) is 1.34. The van der Waals surface area contributed by atoms with E-state index >= 15 is 0 Å². The summed E-state index contributed by atoms with van der Waals surface area (Å²) < 4.78 is 0.666. The lowest BCUT2D eigenvalue weighted by atomic mass is 9.83. The van der Waals surface area contributed by atoms with Crippen LogP contribution in [0.3, 0.4) is 0 Å². The summed E-state index contributed by atoms with van der Waals surface area (Å²) in [5, 5.41) is 48.5. The zero-order valence-electron chi connectivity index (χ0n) is 13.9. The second kappa shape index (κ2) is 7.69. The lowest BCUT2D eigenvalue weighted by molar-refractivity contribution is -0.843. The van der Waals surface area contributed by atoms with Crippen molar-refractivity contribution in [2.75, 3.05) is 12.0 Å². The van der Waals surface area contributed by atoms with Crippen LogP contribution in [0.4, 0.5) is 5.69 Å². The Morgan fingerprint density at radius 2 is 1.54 bits per heavy atom. The molecule has 1 aliphatic carbocycles. The van der Waals surface area contributed by atoms with Gasteiger partial charge in [0.1, 0.15) is 19.7 Å². The van der Waals surface area contributed by atoms with E-state index in [1.54, 1.807) is 30.3 Å². The van der Waals surface area contributed by atoms with E-state index in [0.717, 1.165) is 0 Å². The molecule has 14 nitrogen and oxygen atoms in total. The first-order valence-corrected chi connectivity index (χ1v) is 7.90. The lowest BCUT2D eigenvalue weighted by Crippen LogP contribution is -2.67.